The average molecular weight is 260 g/mol. The van der Waals surface area contributed by atoms with E-state index in [0.29, 0.717) is 17.1 Å². The third-order valence-corrected chi connectivity index (χ3v) is 3.83. The number of aryl methyl sites for hydroxylation is 1. The first-order chi connectivity index (χ1) is 8.58. The number of amides is 1. The minimum Gasteiger partial charge on any atom is -0.398 e. The standard InChI is InChI=1S/C14H16N2OS/c1-10-12(15)8-13(18-10)14(17)16(2)9-11-6-4-3-5-7-11/h3-8H,9,15H2,1-2H3. The van der Waals surface area contributed by atoms with E-state index in [9.17, 15) is 4.79 Å². The van der Waals surface area contributed by atoms with Crippen molar-refractivity contribution in [1.29, 1.82) is 0 Å². The second kappa shape index (κ2) is 5.23. The number of benzene rings is 1. The van der Waals surface area contributed by atoms with Crippen LogP contribution in [0.15, 0.2) is 36.4 Å². The fraction of sp³-hybridized carbons (Fsp3) is 0.214. The molecular formula is C14H16N2OS. The third kappa shape index (κ3) is 2.71. The van der Waals surface area contributed by atoms with Crippen LogP contribution in [0.3, 0.4) is 0 Å². The molecule has 0 radical (unpaired) electrons. The second-order valence-corrected chi connectivity index (χ2v) is 5.53. The molecule has 0 atom stereocenters. The first kappa shape index (κ1) is 12.6. The number of hydrogen-bond donors (Lipinski definition) is 1. The van der Waals surface area contributed by atoms with Crippen LogP contribution in [-0.2, 0) is 6.54 Å². The maximum absolute atomic E-state index is 12.2. The maximum atomic E-state index is 12.2. The predicted molar refractivity (Wildman–Crippen MR) is 75.7 cm³/mol. The Morgan fingerprint density at radius 2 is 2.00 bits per heavy atom. The van der Waals surface area contributed by atoms with E-state index in [0.717, 1.165) is 10.4 Å². The average Bonchev–Trinajstić information content (AvgIpc) is 2.70. The number of thiophene rings is 1. The molecule has 0 aliphatic carbocycles. The number of rotatable bonds is 3. The fourth-order valence-corrected chi connectivity index (χ4v) is 2.65. The predicted octanol–water partition coefficient (Wildman–Crippen LogP) is 2.91. The minimum absolute atomic E-state index is 0.0173. The van der Waals surface area contributed by atoms with E-state index in [4.69, 9.17) is 5.73 Å². The molecule has 2 rings (SSSR count). The number of nitrogen functional groups attached to an aromatic ring is 1. The Morgan fingerprint density at radius 3 is 2.56 bits per heavy atom. The van der Waals surface area contributed by atoms with E-state index in [2.05, 4.69) is 0 Å². The van der Waals surface area contributed by atoms with Crippen molar-refractivity contribution in [3.05, 3.63) is 51.7 Å². The smallest absolute Gasteiger partial charge is 0.264 e. The molecule has 1 amide bonds. The largest absolute Gasteiger partial charge is 0.398 e. The Labute approximate surface area is 111 Å². The van der Waals surface area contributed by atoms with Gasteiger partial charge in [-0.2, -0.15) is 0 Å². The van der Waals surface area contributed by atoms with Crippen molar-refractivity contribution in [2.45, 2.75) is 13.5 Å². The molecule has 0 bridgehead atoms. The van der Waals surface area contributed by atoms with Gasteiger partial charge < -0.3 is 10.6 Å². The molecule has 0 saturated carbocycles. The third-order valence-electron chi connectivity index (χ3n) is 2.78. The highest BCUT2D eigenvalue weighted by atomic mass is 32.1. The van der Waals surface area contributed by atoms with Crippen molar-refractivity contribution in [1.82, 2.24) is 4.90 Å². The molecule has 0 aliphatic rings. The zero-order chi connectivity index (χ0) is 13.1. The Kier molecular flexibility index (Phi) is 3.67. The summed E-state index contributed by atoms with van der Waals surface area (Å²) in [6.45, 7) is 2.53. The van der Waals surface area contributed by atoms with Gasteiger partial charge in [-0.05, 0) is 18.6 Å². The molecule has 2 N–H and O–H groups in total. The van der Waals surface area contributed by atoms with Crippen molar-refractivity contribution in [2.24, 2.45) is 0 Å². The van der Waals surface area contributed by atoms with Crippen LogP contribution in [0.4, 0.5) is 5.69 Å². The van der Waals surface area contributed by atoms with Crippen molar-refractivity contribution in [3.8, 4) is 0 Å². The number of carbonyl (C=O) groups is 1. The van der Waals surface area contributed by atoms with Crippen LogP contribution in [-0.4, -0.2) is 17.9 Å². The van der Waals surface area contributed by atoms with E-state index in [1.54, 1.807) is 18.0 Å². The molecule has 94 valence electrons. The lowest BCUT2D eigenvalue weighted by atomic mass is 10.2. The number of anilines is 1. The van der Waals surface area contributed by atoms with Crippen LogP contribution in [0.1, 0.15) is 20.1 Å². The zero-order valence-electron chi connectivity index (χ0n) is 10.5. The van der Waals surface area contributed by atoms with E-state index in [1.807, 2.05) is 37.3 Å². The van der Waals surface area contributed by atoms with Gasteiger partial charge in [-0.25, -0.2) is 0 Å². The van der Waals surface area contributed by atoms with Gasteiger partial charge in [-0.15, -0.1) is 11.3 Å². The highest BCUT2D eigenvalue weighted by molar-refractivity contribution is 7.14. The summed E-state index contributed by atoms with van der Waals surface area (Å²) in [4.78, 5) is 15.6. The Morgan fingerprint density at radius 1 is 1.33 bits per heavy atom. The van der Waals surface area contributed by atoms with Gasteiger partial charge in [0.25, 0.3) is 5.91 Å². The van der Waals surface area contributed by atoms with Gasteiger partial charge in [0.15, 0.2) is 0 Å². The lowest BCUT2D eigenvalue weighted by Gasteiger charge is -2.16. The molecule has 0 spiro atoms. The molecule has 4 heteroatoms. The van der Waals surface area contributed by atoms with E-state index in [-0.39, 0.29) is 5.91 Å². The molecule has 3 nitrogen and oxygen atoms in total. The van der Waals surface area contributed by atoms with Gasteiger partial charge >= 0.3 is 0 Å². The lowest BCUT2D eigenvalue weighted by Crippen LogP contribution is -2.25. The first-order valence-corrected chi connectivity index (χ1v) is 6.55. The number of nitrogens with zero attached hydrogens (tertiary/aromatic N) is 1. The molecule has 0 fully saturated rings. The molecule has 1 aromatic carbocycles. The van der Waals surface area contributed by atoms with Gasteiger partial charge in [0.05, 0.1) is 4.88 Å². The van der Waals surface area contributed by atoms with Gasteiger partial charge in [-0.3, -0.25) is 4.79 Å². The van der Waals surface area contributed by atoms with E-state index < -0.39 is 0 Å². The van der Waals surface area contributed by atoms with Crippen LogP contribution < -0.4 is 5.73 Å². The normalized spacial score (nSPS) is 10.3. The summed E-state index contributed by atoms with van der Waals surface area (Å²) >= 11 is 1.45. The van der Waals surface area contributed by atoms with E-state index in [1.165, 1.54) is 11.3 Å². The zero-order valence-corrected chi connectivity index (χ0v) is 11.3. The summed E-state index contributed by atoms with van der Waals surface area (Å²) in [6.07, 6.45) is 0. The molecule has 0 aliphatic heterocycles. The van der Waals surface area contributed by atoms with Crippen molar-refractivity contribution in [3.63, 3.8) is 0 Å². The highest BCUT2D eigenvalue weighted by Crippen LogP contribution is 2.24. The second-order valence-electron chi connectivity index (χ2n) is 4.27. The van der Waals surface area contributed by atoms with Crippen molar-refractivity contribution >= 4 is 22.9 Å². The quantitative estimate of drug-likeness (QED) is 0.922. The summed E-state index contributed by atoms with van der Waals surface area (Å²) in [6, 6.07) is 11.7. The Bertz CT molecular complexity index is 529. The SMILES string of the molecule is Cc1sc(C(=O)N(C)Cc2ccccc2)cc1N. The Balaban J connectivity index is 2.09. The maximum Gasteiger partial charge on any atom is 0.264 e. The summed E-state index contributed by atoms with van der Waals surface area (Å²) in [5.41, 5.74) is 7.58. The number of carbonyl (C=O) groups excluding carboxylic acids is 1. The Hall–Kier alpha value is -1.81. The molecule has 0 saturated heterocycles. The minimum atomic E-state index is 0.0173. The van der Waals surface area contributed by atoms with Crippen LogP contribution in [0.2, 0.25) is 0 Å². The molecule has 0 unspecified atom stereocenters. The topological polar surface area (TPSA) is 46.3 Å². The summed E-state index contributed by atoms with van der Waals surface area (Å²) in [5.74, 6) is 0.0173. The van der Waals surface area contributed by atoms with Crippen LogP contribution >= 0.6 is 11.3 Å². The molecule has 1 aromatic heterocycles. The van der Waals surface area contributed by atoms with Crippen LogP contribution in [0.25, 0.3) is 0 Å². The summed E-state index contributed by atoms with van der Waals surface area (Å²) in [7, 11) is 1.81. The van der Waals surface area contributed by atoms with Crippen LogP contribution in [0, 0.1) is 6.92 Å². The molecule has 2 aromatic rings. The molecule has 1 heterocycles. The van der Waals surface area contributed by atoms with Gasteiger partial charge in [0, 0.05) is 24.2 Å². The lowest BCUT2D eigenvalue weighted by molar-refractivity contribution is 0.0790. The van der Waals surface area contributed by atoms with Crippen LogP contribution in [0.5, 0.6) is 0 Å². The first-order valence-electron chi connectivity index (χ1n) is 5.73. The number of hydrogen-bond acceptors (Lipinski definition) is 3. The van der Waals surface area contributed by atoms with Crippen molar-refractivity contribution in [2.75, 3.05) is 12.8 Å². The fourth-order valence-electron chi connectivity index (χ4n) is 1.72. The highest BCUT2D eigenvalue weighted by Gasteiger charge is 2.15. The summed E-state index contributed by atoms with van der Waals surface area (Å²) < 4.78 is 0. The molecular weight excluding hydrogens is 244 g/mol. The molecule has 18 heavy (non-hydrogen) atoms. The van der Waals surface area contributed by atoms with Gasteiger partial charge in [0.1, 0.15) is 0 Å². The van der Waals surface area contributed by atoms with Gasteiger partial charge in [-0.1, -0.05) is 30.3 Å². The van der Waals surface area contributed by atoms with Gasteiger partial charge in [0.2, 0.25) is 0 Å². The monoisotopic (exact) mass is 260 g/mol. The van der Waals surface area contributed by atoms with Crippen molar-refractivity contribution < 1.29 is 4.79 Å². The summed E-state index contributed by atoms with van der Waals surface area (Å²) in [5, 5.41) is 0. The number of nitrogens with two attached hydrogens (primary N) is 1. The van der Waals surface area contributed by atoms with E-state index >= 15 is 0 Å².